The Balaban J connectivity index is 0.00000144. The molecule has 4 nitrogen and oxygen atoms in total. The third kappa shape index (κ3) is 3.83. The van der Waals surface area contributed by atoms with E-state index in [1.807, 2.05) is 4.90 Å². The lowest BCUT2D eigenvalue weighted by Gasteiger charge is -2.34. The topological polar surface area (TPSA) is 41.6 Å². The van der Waals surface area contributed by atoms with Crippen LogP contribution in [0.3, 0.4) is 0 Å². The molecule has 2 heterocycles. The van der Waals surface area contributed by atoms with Crippen molar-refractivity contribution in [3.8, 4) is 0 Å². The molecule has 2 rings (SSSR count). The molecule has 0 aromatic carbocycles. The van der Waals surface area contributed by atoms with Gasteiger partial charge in [0.25, 0.3) is 0 Å². The number of hydrogen-bond acceptors (Lipinski definition) is 3. The molecule has 0 radical (unpaired) electrons. The van der Waals surface area contributed by atoms with Gasteiger partial charge in [0, 0.05) is 26.2 Å². The Morgan fingerprint density at radius 3 is 2.59 bits per heavy atom. The fourth-order valence-electron chi connectivity index (χ4n) is 2.88. The second kappa shape index (κ2) is 7.19. The van der Waals surface area contributed by atoms with Gasteiger partial charge in [-0.3, -0.25) is 4.79 Å². The highest BCUT2D eigenvalue weighted by Gasteiger charge is 2.29. The van der Waals surface area contributed by atoms with Gasteiger partial charge in [0.2, 0.25) is 5.91 Å². The van der Waals surface area contributed by atoms with Gasteiger partial charge in [-0.25, -0.2) is 0 Å². The molecule has 1 N–H and O–H groups in total. The number of ether oxygens (including phenoxy) is 1. The average Bonchev–Trinajstić information content (AvgIpc) is 2.83. The van der Waals surface area contributed by atoms with E-state index in [0.29, 0.717) is 6.04 Å². The Kier molecular flexibility index (Phi) is 6.23. The normalized spacial score (nSPS) is 25.7. The zero-order chi connectivity index (χ0) is 11.4. The minimum atomic E-state index is 0. The molecule has 2 fully saturated rings. The lowest BCUT2D eigenvalue weighted by molar-refractivity contribution is -0.136. The highest BCUT2D eigenvalue weighted by atomic mass is 35.5. The Morgan fingerprint density at radius 2 is 2.06 bits per heavy atom. The number of carbonyl (C=O) groups excluding carboxylic acids is 1. The van der Waals surface area contributed by atoms with E-state index in [1.54, 1.807) is 7.11 Å². The molecule has 5 heteroatoms. The number of halogens is 1. The SMILES string of the molecule is COCC(=O)N1CCC(C2CCCN2)CC1.Cl. The van der Waals surface area contributed by atoms with Crippen molar-refractivity contribution >= 4 is 18.3 Å². The molecule has 0 aromatic rings. The Morgan fingerprint density at radius 1 is 1.35 bits per heavy atom. The summed E-state index contributed by atoms with van der Waals surface area (Å²) in [5.41, 5.74) is 0. The maximum Gasteiger partial charge on any atom is 0.248 e. The molecule has 2 saturated heterocycles. The molecule has 1 unspecified atom stereocenters. The van der Waals surface area contributed by atoms with Crippen LogP contribution in [-0.2, 0) is 9.53 Å². The molecule has 17 heavy (non-hydrogen) atoms. The van der Waals surface area contributed by atoms with Crippen LogP contribution in [0.2, 0.25) is 0 Å². The van der Waals surface area contributed by atoms with Crippen molar-refractivity contribution in [1.82, 2.24) is 10.2 Å². The van der Waals surface area contributed by atoms with Crippen LogP contribution < -0.4 is 5.32 Å². The summed E-state index contributed by atoms with van der Waals surface area (Å²) in [5.74, 6) is 0.912. The van der Waals surface area contributed by atoms with Crippen molar-refractivity contribution in [2.45, 2.75) is 31.7 Å². The van der Waals surface area contributed by atoms with Crippen LogP contribution in [0.15, 0.2) is 0 Å². The van der Waals surface area contributed by atoms with Crippen LogP contribution in [0.1, 0.15) is 25.7 Å². The first-order valence-electron chi connectivity index (χ1n) is 6.31. The van der Waals surface area contributed by atoms with E-state index in [2.05, 4.69) is 5.32 Å². The molecule has 1 atom stereocenters. The van der Waals surface area contributed by atoms with Crippen molar-refractivity contribution in [1.29, 1.82) is 0 Å². The van der Waals surface area contributed by atoms with Gasteiger partial charge in [0.1, 0.15) is 6.61 Å². The number of nitrogens with zero attached hydrogens (tertiary/aromatic N) is 1. The average molecular weight is 263 g/mol. The smallest absolute Gasteiger partial charge is 0.248 e. The number of carbonyl (C=O) groups is 1. The number of nitrogens with one attached hydrogen (secondary N) is 1. The molecule has 0 spiro atoms. The van der Waals surface area contributed by atoms with Gasteiger partial charge in [-0.05, 0) is 38.1 Å². The summed E-state index contributed by atoms with van der Waals surface area (Å²) >= 11 is 0. The Labute approximate surface area is 109 Å². The number of rotatable bonds is 3. The van der Waals surface area contributed by atoms with Crippen molar-refractivity contribution < 1.29 is 9.53 Å². The number of methoxy groups -OCH3 is 1. The van der Waals surface area contributed by atoms with Crippen LogP contribution >= 0.6 is 12.4 Å². The standard InChI is InChI=1S/C12H22N2O2.ClH/c1-16-9-12(15)14-7-4-10(5-8-14)11-3-2-6-13-11;/h10-11,13H,2-9H2,1H3;1H. The van der Waals surface area contributed by atoms with Crippen molar-refractivity contribution in [2.75, 3.05) is 33.4 Å². The summed E-state index contributed by atoms with van der Waals surface area (Å²) in [6.45, 7) is 3.22. The zero-order valence-electron chi connectivity index (χ0n) is 10.5. The number of hydrogen-bond donors (Lipinski definition) is 1. The molecule has 0 aromatic heterocycles. The fourth-order valence-corrected chi connectivity index (χ4v) is 2.88. The predicted molar refractivity (Wildman–Crippen MR) is 69.5 cm³/mol. The molecule has 0 bridgehead atoms. The van der Waals surface area contributed by atoms with E-state index >= 15 is 0 Å². The van der Waals surface area contributed by atoms with Crippen LogP contribution in [0.5, 0.6) is 0 Å². The van der Waals surface area contributed by atoms with E-state index in [0.717, 1.165) is 31.8 Å². The van der Waals surface area contributed by atoms with Crippen LogP contribution in [0.4, 0.5) is 0 Å². The summed E-state index contributed by atoms with van der Waals surface area (Å²) < 4.78 is 4.88. The third-order valence-electron chi connectivity index (χ3n) is 3.83. The minimum absolute atomic E-state index is 0. The maximum atomic E-state index is 11.6. The molecule has 1 amide bonds. The molecule has 0 saturated carbocycles. The third-order valence-corrected chi connectivity index (χ3v) is 3.83. The van der Waals surface area contributed by atoms with Crippen LogP contribution in [0, 0.1) is 5.92 Å². The first kappa shape index (κ1) is 14.7. The van der Waals surface area contributed by atoms with E-state index in [-0.39, 0.29) is 24.9 Å². The van der Waals surface area contributed by atoms with Gasteiger partial charge in [0.05, 0.1) is 0 Å². The number of amides is 1. The quantitative estimate of drug-likeness (QED) is 0.827. The number of likely N-dealkylation sites (tertiary alicyclic amines) is 1. The number of piperidine rings is 1. The van der Waals surface area contributed by atoms with Gasteiger partial charge in [0.15, 0.2) is 0 Å². The second-order valence-electron chi connectivity index (χ2n) is 4.85. The van der Waals surface area contributed by atoms with Crippen LogP contribution in [0.25, 0.3) is 0 Å². The summed E-state index contributed by atoms with van der Waals surface area (Å²) in [6, 6.07) is 0.708. The monoisotopic (exact) mass is 262 g/mol. The highest BCUT2D eigenvalue weighted by molar-refractivity contribution is 5.85. The molecule has 100 valence electrons. The highest BCUT2D eigenvalue weighted by Crippen LogP contribution is 2.25. The Hall–Kier alpha value is -0.320. The lowest BCUT2D eigenvalue weighted by atomic mass is 9.88. The molecule has 2 aliphatic heterocycles. The maximum absolute atomic E-state index is 11.6. The van der Waals surface area contributed by atoms with Gasteiger partial charge >= 0.3 is 0 Å². The van der Waals surface area contributed by atoms with Gasteiger partial charge < -0.3 is 15.0 Å². The predicted octanol–water partition coefficient (Wildman–Crippen LogP) is 1.05. The fraction of sp³-hybridized carbons (Fsp3) is 0.917. The molecule has 0 aliphatic carbocycles. The molecule has 2 aliphatic rings. The Bertz CT molecular complexity index is 237. The van der Waals surface area contributed by atoms with E-state index in [4.69, 9.17) is 4.74 Å². The molecular weight excluding hydrogens is 240 g/mol. The summed E-state index contributed by atoms with van der Waals surface area (Å²) in [4.78, 5) is 13.6. The van der Waals surface area contributed by atoms with Gasteiger partial charge in [-0.2, -0.15) is 0 Å². The van der Waals surface area contributed by atoms with E-state index in [1.165, 1.54) is 19.4 Å². The second-order valence-corrected chi connectivity index (χ2v) is 4.85. The summed E-state index contributed by atoms with van der Waals surface area (Å²) in [7, 11) is 1.58. The van der Waals surface area contributed by atoms with E-state index < -0.39 is 0 Å². The van der Waals surface area contributed by atoms with Crippen molar-refractivity contribution in [3.63, 3.8) is 0 Å². The largest absolute Gasteiger partial charge is 0.375 e. The van der Waals surface area contributed by atoms with Crippen molar-refractivity contribution in [2.24, 2.45) is 5.92 Å². The van der Waals surface area contributed by atoms with Crippen LogP contribution in [-0.4, -0.2) is 50.2 Å². The summed E-state index contributed by atoms with van der Waals surface area (Å²) in [6.07, 6.45) is 4.92. The van der Waals surface area contributed by atoms with Gasteiger partial charge in [-0.15, -0.1) is 12.4 Å². The van der Waals surface area contributed by atoms with Crippen molar-refractivity contribution in [3.05, 3.63) is 0 Å². The molecular formula is C12H23ClN2O2. The first-order chi connectivity index (χ1) is 7.81. The first-order valence-corrected chi connectivity index (χ1v) is 6.31. The zero-order valence-corrected chi connectivity index (χ0v) is 11.3. The summed E-state index contributed by atoms with van der Waals surface area (Å²) in [5, 5.41) is 3.57. The lowest BCUT2D eigenvalue weighted by Crippen LogP contribution is -2.44. The van der Waals surface area contributed by atoms with Gasteiger partial charge in [-0.1, -0.05) is 0 Å². The minimum Gasteiger partial charge on any atom is -0.375 e. The van der Waals surface area contributed by atoms with E-state index in [9.17, 15) is 4.79 Å².